The highest BCUT2D eigenvalue weighted by Crippen LogP contribution is 2.35. The molecule has 0 aliphatic carbocycles. The SMILES string of the molecule is [CH2]CC1(O)NC(O)c2ccccc21. The maximum absolute atomic E-state index is 9.99. The number of hydrogen-bond acceptors (Lipinski definition) is 3. The van der Waals surface area contributed by atoms with Gasteiger partial charge in [-0.05, 0) is 13.3 Å². The van der Waals surface area contributed by atoms with Gasteiger partial charge in [-0.15, -0.1) is 0 Å². The molecule has 1 aromatic rings. The summed E-state index contributed by atoms with van der Waals surface area (Å²) in [5.74, 6) is 0. The van der Waals surface area contributed by atoms with Gasteiger partial charge >= 0.3 is 0 Å². The number of fused-ring (bicyclic) bond motifs is 1. The lowest BCUT2D eigenvalue weighted by atomic mass is 10.00. The van der Waals surface area contributed by atoms with Gasteiger partial charge < -0.3 is 10.2 Å². The molecule has 2 atom stereocenters. The van der Waals surface area contributed by atoms with Gasteiger partial charge in [-0.2, -0.15) is 0 Å². The average Bonchev–Trinajstić information content (AvgIpc) is 2.42. The van der Waals surface area contributed by atoms with Crippen LogP contribution in [0.5, 0.6) is 0 Å². The molecule has 1 aromatic carbocycles. The average molecular weight is 178 g/mol. The Hall–Kier alpha value is -0.900. The van der Waals surface area contributed by atoms with Crippen LogP contribution in [0, 0.1) is 6.92 Å². The molecule has 2 unspecified atom stereocenters. The van der Waals surface area contributed by atoms with Crippen molar-refractivity contribution in [3.05, 3.63) is 42.3 Å². The maximum Gasteiger partial charge on any atom is 0.144 e. The lowest BCUT2D eigenvalue weighted by molar-refractivity contribution is -0.0283. The summed E-state index contributed by atoms with van der Waals surface area (Å²) < 4.78 is 0. The largest absolute Gasteiger partial charge is 0.374 e. The molecule has 0 amide bonds. The molecule has 1 radical (unpaired) electrons. The minimum Gasteiger partial charge on any atom is -0.374 e. The fourth-order valence-corrected chi connectivity index (χ4v) is 1.70. The Bertz CT molecular complexity index is 326. The van der Waals surface area contributed by atoms with Crippen LogP contribution in [0.4, 0.5) is 0 Å². The van der Waals surface area contributed by atoms with Crippen LogP contribution in [0.1, 0.15) is 23.8 Å². The van der Waals surface area contributed by atoms with Crippen molar-refractivity contribution < 1.29 is 10.2 Å². The molecule has 13 heavy (non-hydrogen) atoms. The standard InChI is InChI=1S/C10H12NO2/c1-2-10(13)8-6-4-3-5-7(8)9(12)11-10/h3-6,9,11-13H,1-2H2. The Morgan fingerprint density at radius 1 is 1.46 bits per heavy atom. The Morgan fingerprint density at radius 3 is 2.85 bits per heavy atom. The second-order valence-electron chi connectivity index (χ2n) is 3.24. The smallest absolute Gasteiger partial charge is 0.144 e. The van der Waals surface area contributed by atoms with Crippen LogP contribution in [-0.4, -0.2) is 10.2 Å². The van der Waals surface area contributed by atoms with Gasteiger partial charge in [0.05, 0.1) is 0 Å². The number of benzene rings is 1. The van der Waals surface area contributed by atoms with E-state index in [4.69, 9.17) is 0 Å². The molecule has 0 saturated carbocycles. The van der Waals surface area contributed by atoms with E-state index in [-0.39, 0.29) is 0 Å². The van der Waals surface area contributed by atoms with Gasteiger partial charge in [-0.25, -0.2) is 0 Å². The van der Waals surface area contributed by atoms with Gasteiger partial charge in [0.2, 0.25) is 0 Å². The molecule has 3 nitrogen and oxygen atoms in total. The molecule has 69 valence electrons. The predicted molar refractivity (Wildman–Crippen MR) is 48.4 cm³/mol. The van der Waals surface area contributed by atoms with Crippen molar-refractivity contribution in [3.63, 3.8) is 0 Å². The fraction of sp³-hybridized carbons (Fsp3) is 0.300. The van der Waals surface area contributed by atoms with Crippen LogP contribution in [0.3, 0.4) is 0 Å². The molecule has 0 fully saturated rings. The molecule has 3 N–H and O–H groups in total. The lowest BCUT2D eigenvalue weighted by Crippen LogP contribution is -2.37. The molecule has 3 heteroatoms. The number of hydrogen-bond donors (Lipinski definition) is 3. The number of nitrogens with one attached hydrogen (secondary N) is 1. The molecule has 0 spiro atoms. The lowest BCUT2D eigenvalue weighted by Gasteiger charge is -2.22. The van der Waals surface area contributed by atoms with Crippen molar-refractivity contribution in [2.45, 2.75) is 18.4 Å². The minimum absolute atomic E-state index is 0.293. The van der Waals surface area contributed by atoms with Crippen molar-refractivity contribution in [2.24, 2.45) is 0 Å². The van der Waals surface area contributed by atoms with Gasteiger partial charge in [0.1, 0.15) is 12.0 Å². The van der Waals surface area contributed by atoms with Gasteiger partial charge in [-0.1, -0.05) is 24.3 Å². The van der Waals surface area contributed by atoms with Crippen LogP contribution in [0.15, 0.2) is 24.3 Å². The van der Waals surface area contributed by atoms with E-state index in [9.17, 15) is 10.2 Å². The molecule has 0 bridgehead atoms. The number of aliphatic hydroxyl groups is 2. The first-order valence-corrected chi connectivity index (χ1v) is 4.24. The van der Waals surface area contributed by atoms with Gasteiger partial charge in [0.15, 0.2) is 0 Å². The third-order valence-corrected chi connectivity index (χ3v) is 2.44. The van der Waals surface area contributed by atoms with Gasteiger partial charge in [0, 0.05) is 11.1 Å². The maximum atomic E-state index is 9.99. The van der Waals surface area contributed by atoms with Crippen molar-refractivity contribution in [1.29, 1.82) is 0 Å². The minimum atomic E-state index is -1.17. The summed E-state index contributed by atoms with van der Waals surface area (Å²) in [6.07, 6.45) is -0.496. The van der Waals surface area contributed by atoms with Crippen molar-refractivity contribution in [2.75, 3.05) is 0 Å². The van der Waals surface area contributed by atoms with E-state index in [2.05, 4.69) is 12.2 Å². The van der Waals surface area contributed by atoms with E-state index in [0.717, 1.165) is 11.1 Å². The molecule has 1 heterocycles. The summed E-state index contributed by atoms with van der Waals surface area (Å²) in [7, 11) is 0. The van der Waals surface area contributed by atoms with Gasteiger partial charge in [-0.3, -0.25) is 5.32 Å². The van der Waals surface area contributed by atoms with E-state index >= 15 is 0 Å². The van der Waals surface area contributed by atoms with Crippen LogP contribution in [0.25, 0.3) is 0 Å². The van der Waals surface area contributed by atoms with E-state index in [0.29, 0.717) is 6.42 Å². The molecular weight excluding hydrogens is 166 g/mol. The summed E-state index contributed by atoms with van der Waals surface area (Å²) in [5, 5.41) is 22.2. The first-order chi connectivity index (χ1) is 6.17. The second kappa shape index (κ2) is 2.80. The third kappa shape index (κ3) is 1.16. The molecule has 0 saturated heterocycles. The van der Waals surface area contributed by atoms with E-state index < -0.39 is 12.0 Å². The van der Waals surface area contributed by atoms with Gasteiger partial charge in [0.25, 0.3) is 0 Å². The summed E-state index contributed by atoms with van der Waals surface area (Å²) in [6.45, 7) is 3.65. The highest BCUT2D eigenvalue weighted by Gasteiger charge is 2.39. The summed E-state index contributed by atoms with van der Waals surface area (Å²) in [4.78, 5) is 0. The Morgan fingerprint density at radius 2 is 2.15 bits per heavy atom. The molecular formula is C10H12NO2. The normalized spacial score (nSPS) is 31.8. The molecule has 0 aromatic heterocycles. The Balaban J connectivity index is 2.53. The summed E-state index contributed by atoms with van der Waals surface area (Å²) >= 11 is 0. The second-order valence-corrected chi connectivity index (χ2v) is 3.24. The zero-order valence-corrected chi connectivity index (χ0v) is 7.20. The van der Waals surface area contributed by atoms with Crippen LogP contribution >= 0.6 is 0 Å². The van der Waals surface area contributed by atoms with E-state index in [1.165, 1.54) is 0 Å². The monoisotopic (exact) mass is 178 g/mol. The zero-order chi connectivity index (χ0) is 9.47. The van der Waals surface area contributed by atoms with Crippen molar-refractivity contribution >= 4 is 0 Å². The first kappa shape index (κ1) is 8.69. The molecule has 2 rings (SSSR count). The zero-order valence-electron chi connectivity index (χ0n) is 7.20. The van der Waals surface area contributed by atoms with E-state index in [1.807, 2.05) is 12.1 Å². The van der Waals surface area contributed by atoms with Crippen molar-refractivity contribution in [3.8, 4) is 0 Å². The first-order valence-electron chi connectivity index (χ1n) is 4.24. The number of aliphatic hydroxyl groups excluding tert-OH is 1. The predicted octanol–water partition coefficient (Wildman–Crippen LogP) is 0.650. The van der Waals surface area contributed by atoms with Crippen molar-refractivity contribution in [1.82, 2.24) is 5.32 Å². The summed E-state index contributed by atoms with van der Waals surface area (Å²) in [5.41, 5.74) is 0.280. The molecule has 1 aliphatic rings. The topological polar surface area (TPSA) is 52.5 Å². The highest BCUT2D eigenvalue weighted by atomic mass is 16.3. The highest BCUT2D eigenvalue weighted by molar-refractivity contribution is 5.37. The Kier molecular flexibility index (Phi) is 1.87. The van der Waals surface area contributed by atoms with Crippen LogP contribution in [-0.2, 0) is 5.72 Å². The quantitative estimate of drug-likeness (QED) is 0.592. The third-order valence-electron chi connectivity index (χ3n) is 2.44. The number of rotatable bonds is 1. The van der Waals surface area contributed by atoms with Crippen LogP contribution in [0.2, 0.25) is 0 Å². The van der Waals surface area contributed by atoms with Crippen LogP contribution < -0.4 is 5.32 Å². The summed E-state index contributed by atoms with van der Waals surface area (Å²) in [6, 6.07) is 7.25. The fourth-order valence-electron chi connectivity index (χ4n) is 1.70. The molecule has 1 aliphatic heterocycles. The van der Waals surface area contributed by atoms with E-state index in [1.54, 1.807) is 12.1 Å². The Labute approximate surface area is 77.0 Å².